The largest absolute Gasteiger partial charge is 0.443 e. The van der Waals surface area contributed by atoms with Crippen LogP contribution in [0.25, 0.3) is 0 Å². The minimum atomic E-state index is -0.804. The van der Waals surface area contributed by atoms with Gasteiger partial charge < -0.3 is 18.9 Å². The number of epoxide rings is 2. The number of imide groups is 1. The number of nitrogens with one attached hydrogen (secondary N) is 1. The second kappa shape index (κ2) is 7.70. The predicted octanol–water partition coefficient (Wildman–Crippen LogP) is 2.55. The predicted molar refractivity (Wildman–Crippen MR) is 98.7 cm³/mol. The molecular weight excluding hydrogens is 374 g/mol. The van der Waals surface area contributed by atoms with E-state index in [1.54, 1.807) is 7.11 Å². The molecule has 1 saturated carbocycles. The van der Waals surface area contributed by atoms with Crippen molar-refractivity contribution in [2.24, 2.45) is 5.92 Å². The van der Waals surface area contributed by atoms with E-state index in [-0.39, 0.29) is 29.6 Å². The Balaban J connectivity index is 1.73. The molecule has 0 radical (unpaired) electrons. The van der Waals surface area contributed by atoms with E-state index in [4.69, 9.17) is 30.5 Å². The van der Waals surface area contributed by atoms with Gasteiger partial charge in [0.25, 0.3) is 0 Å². The van der Waals surface area contributed by atoms with Gasteiger partial charge in [0.2, 0.25) is 5.91 Å². The van der Waals surface area contributed by atoms with Crippen molar-refractivity contribution >= 4 is 23.6 Å². The summed E-state index contributed by atoms with van der Waals surface area (Å²) in [7, 11) is 1.61. The number of amides is 2. The fourth-order valence-corrected chi connectivity index (χ4v) is 4.45. The van der Waals surface area contributed by atoms with E-state index in [1.165, 1.54) is 5.57 Å². The van der Waals surface area contributed by atoms with Gasteiger partial charge in [-0.2, -0.15) is 0 Å². The van der Waals surface area contributed by atoms with Crippen molar-refractivity contribution in [1.29, 1.82) is 0 Å². The smallest absolute Gasteiger partial charge is 0.414 e. The molecule has 3 fully saturated rings. The molecule has 3 rings (SSSR count). The highest BCUT2D eigenvalue weighted by molar-refractivity contribution is 6.28. The number of halogens is 1. The van der Waals surface area contributed by atoms with Gasteiger partial charge in [-0.1, -0.05) is 11.6 Å². The van der Waals surface area contributed by atoms with Gasteiger partial charge in [0.15, 0.2) is 0 Å². The molecule has 27 heavy (non-hydrogen) atoms. The first-order valence-electron chi connectivity index (χ1n) is 9.30. The first-order valence-corrected chi connectivity index (χ1v) is 9.83. The van der Waals surface area contributed by atoms with E-state index in [9.17, 15) is 9.59 Å². The van der Waals surface area contributed by atoms with E-state index in [0.29, 0.717) is 13.0 Å². The molecule has 2 amide bonds. The van der Waals surface area contributed by atoms with Gasteiger partial charge in [0.05, 0.1) is 18.6 Å². The molecular formula is C19H28ClNO6. The third-order valence-corrected chi connectivity index (χ3v) is 6.10. The summed E-state index contributed by atoms with van der Waals surface area (Å²) >= 11 is 5.42. The molecule has 7 nitrogen and oxygen atoms in total. The van der Waals surface area contributed by atoms with Crippen LogP contribution in [-0.2, 0) is 23.7 Å². The number of allylic oxidation sites excluding steroid dienone is 1. The molecule has 0 aromatic rings. The van der Waals surface area contributed by atoms with Gasteiger partial charge >= 0.3 is 6.09 Å². The summed E-state index contributed by atoms with van der Waals surface area (Å²) in [5, 5.41) is 2.11. The third kappa shape index (κ3) is 4.16. The normalized spacial score (nSPS) is 39.6. The van der Waals surface area contributed by atoms with Gasteiger partial charge in [0.1, 0.15) is 29.3 Å². The molecule has 6 atom stereocenters. The van der Waals surface area contributed by atoms with Crippen LogP contribution in [0.4, 0.5) is 4.79 Å². The average Bonchev–Trinajstić information content (AvgIpc) is 3.52. The number of carbonyl (C=O) groups excluding carboxylic acids is 2. The summed E-state index contributed by atoms with van der Waals surface area (Å²) < 4.78 is 23.2. The number of carbonyl (C=O) groups is 2. The molecule has 0 bridgehead atoms. The first kappa shape index (κ1) is 20.6. The molecule has 3 aliphatic rings. The molecule has 2 aliphatic heterocycles. The highest BCUT2D eigenvalue weighted by Crippen LogP contribution is 2.59. The summed E-state index contributed by atoms with van der Waals surface area (Å²) in [6.07, 6.45) is 2.78. The molecule has 152 valence electrons. The van der Waals surface area contributed by atoms with Crippen LogP contribution in [0, 0.1) is 5.92 Å². The van der Waals surface area contributed by atoms with E-state index >= 15 is 0 Å². The van der Waals surface area contributed by atoms with Gasteiger partial charge in [0, 0.05) is 7.11 Å². The number of rotatable bonds is 6. The van der Waals surface area contributed by atoms with Crippen molar-refractivity contribution in [2.45, 2.75) is 69.5 Å². The van der Waals surface area contributed by atoms with Crippen LogP contribution in [-0.4, -0.2) is 61.1 Å². The number of hydrogen-bond donors (Lipinski definition) is 1. The number of methoxy groups -OCH3 is 1. The first-order chi connectivity index (χ1) is 12.8. The summed E-state index contributed by atoms with van der Waals surface area (Å²) in [6, 6.07) is 0. The zero-order valence-electron chi connectivity index (χ0n) is 16.2. The van der Waals surface area contributed by atoms with Crippen molar-refractivity contribution in [2.75, 3.05) is 19.6 Å². The SMILES string of the molecule is CO[C@@H]1[C@@H](OC(=O)NC(=O)CCl)CC[C@]2(CO2)[C@H]1[C@@]1(C)O[C@@H]1CC=C(C)C. The van der Waals surface area contributed by atoms with Crippen molar-refractivity contribution in [1.82, 2.24) is 5.32 Å². The van der Waals surface area contributed by atoms with Crippen LogP contribution in [0.3, 0.4) is 0 Å². The fraction of sp³-hybridized carbons (Fsp3) is 0.789. The molecule has 0 aromatic heterocycles. The van der Waals surface area contributed by atoms with Crippen LogP contribution >= 0.6 is 11.6 Å². The molecule has 0 unspecified atom stereocenters. The second-order valence-corrected chi connectivity index (χ2v) is 8.27. The molecule has 0 aromatic carbocycles. The third-order valence-electron chi connectivity index (χ3n) is 5.86. The summed E-state index contributed by atoms with van der Waals surface area (Å²) in [5.74, 6) is -0.949. The Labute approximate surface area is 164 Å². The Morgan fingerprint density at radius 2 is 2.07 bits per heavy atom. The Hall–Kier alpha value is -1.15. The molecule has 2 saturated heterocycles. The van der Waals surface area contributed by atoms with Gasteiger partial charge in [-0.05, 0) is 40.0 Å². The minimum Gasteiger partial charge on any atom is -0.443 e. The van der Waals surface area contributed by atoms with Gasteiger partial charge in [-0.25, -0.2) is 4.79 Å². The number of ether oxygens (including phenoxy) is 4. The van der Waals surface area contributed by atoms with E-state index in [2.05, 4.69) is 32.2 Å². The summed E-state index contributed by atoms with van der Waals surface area (Å²) in [6.45, 7) is 6.87. The second-order valence-electron chi connectivity index (χ2n) is 8.00. The molecule has 1 aliphatic carbocycles. The van der Waals surface area contributed by atoms with E-state index in [0.717, 1.165) is 12.8 Å². The standard InChI is InChI=1S/C19H28ClNO6/c1-11(2)5-6-13-18(3,27-13)16-15(24-4)12(7-8-19(16)10-25-19)26-17(23)21-14(22)9-20/h5,12-13,15-16H,6-10H2,1-4H3,(H,21,22,23)/t12-,13+,15+,16+,18-,19-/m0/s1. The Morgan fingerprint density at radius 1 is 1.37 bits per heavy atom. The Kier molecular flexibility index (Phi) is 5.87. The lowest BCUT2D eigenvalue weighted by atomic mass is 9.68. The highest BCUT2D eigenvalue weighted by atomic mass is 35.5. The number of alkyl carbamates (subject to hydrolysis) is 1. The summed E-state index contributed by atoms with van der Waals surface area (Å²) in [5.41, 5.74) is 0.574. The molecule has 8 heteroatoms. The minimum absolute atomic E-state index is 0.0548. The number of hydrogen-bond acceptors (Lipinski definition) is 6. The van der Waals surface area contributed by atoms with Crippen LogP contribution in [0.1, 0.15) is 40.0 Å². The average molecular weight is 402 g/mol. The van der Waals surface area contributed by atoms with Crippen LogP contribution in [0.2, 0.25) is 0 Å². The molecule has 1 N–H and O–H groups in total. The molecule has 2 heterocycles. The fourth-order valence-electron chi connectivity index (χ4n) is 4.38. The lowest BCUT2D eigenvalue weighted by Crippen LogP contribution is -2.56. The topological polar surface area (TPSA) is 89.7 Å². The van der Waals surface area contributed by atoms with Gasteiger partial charge in [-0.15, -0.1) is 11.6 Å². The lowest BCUT2D eigenvalue weighted by molar-refractivity contribution is -0.124. The van der Waals surface area contributed by atoms with Crippen molar-refractivity contribution in [3.63, 3.8) is 0 Å². The van der Waals surface area contributed by atoms with Crippen LogP contribution < -0.4 is 5.32 Å². The monoisotopic (exact) mass is 401 g/mol. The zero-order chi connectivity index (χ0) is 19.8. The highest BCUT2D eigenvalue weighted by Gasteiger charge is 2.72. The van der Waals surface area contributed by atoms with E-state index < -0.39 is 23.7 Å². The van der Waals surface area contributed by atoms with E-state index in [1.807, 2.05) is 0 Å². The number of alkyl halides is 1. The molecule has 1 spiro atoms. The maximum absolute atomic E-state index is 12.0. The van der Waals surface area contributed by atoms with Crippen molar-refractivity contribution in [3.8, 4) is 0 Å². The Morgan fingerprint density at radius 3 is 2.63 bits per heavy atom. The Bertz CT molecular complexity index is 630. The zero-order valence-corrected chi connectivity index (χ0v) is 17.0. The quantitative estimate of drug-likeness (QED) is 0.418. The summed E-state index contributed by atoms with van der Waals surface area (Å²) in [4.78, 5) is 23.3. The van der Waals surface area contributed by atoms with Crippen molar-refractivity contribution < 1.29 is 28.5 Å². The van der Waals surface area contributed by atoms with Crippen LogP contribution in [0.15, 0.2) is 11.6 Å². The maximum atomic E-state index is 12.0. The maximum Gasteiger partial charge on any atom is 0.414 e. The van der Waals surface area contributed by atoms with Crippen molar-refractivity contribution in [3.05, 3.63) is 11.6 Å². The lowest BCUT2D eigenvalue weighted by Gasteiger charge is -2.42. The van der Waals surface area contributed by atoms with Crippen LogP contribution in [0.5, 0.6) is 0 Å². The van der Waals surface area contributed by atoms with Gasteiger partial charge in [-0.3, -0.25) is 10.1 Å².